The minimum absolute atomic E-state index is 0.165. The third kappa shape index (κ3) is 3.44. The van der Waals surface area contributed by atoms with E-state index in [4.69, 9.17) is 11.2 Å². The quantitative estimate of drug-likeness (QED) is 0.640. The van der Waals surface area contributed by atoms with E-state index in [9.17, 15) is 4.79 Å². The zero-order valence-electron chi connectivity index (χ0n) is 10.4. The number of benzene rings is 1. The average Bonchev–Trinajstić information content (AvgIpc) is 2.79. The van der Waals surface area contributed by atoms with E-state index in [0.717, 1.165) is 16.0 Å². The zero-order chi connectivity index (χ0) is 13.7. The number of carbonyl (C=O) groups excluding carboxylic acids is 1. The summed E-state index contributed by atoms with van der Waals surface area (Å²) in [5.74, 6) is 3.01. The Morgan fingerprint density at radius 3 is 3.16 bits per heavy atom. The highest BCUT2D eigenvalue weighted by Gasteiger charge is 2.08. The van der Waals surface area contributed by atoms with Crippen LogP contribution in [0.25, 0.3) is 10.2 Å². The molecule has 0 saturated heterocycles. The van der Waals surface area contributed by atoms with Crippen LogP contribution in [0.2, 0.25) is 0 Å². The van der Waals surface area contributed by atoms with Crippen LogP contribution in [-0.2, 0) is 4.79 Å². The highest BCUT2D eigenvalue weighted by atomic mass is 32.1. The summed E-state index contributed by atoms with van der Waals surface area (Å²) < 4.78 is 6.10. The molecule has 0 spiro atoms. The number of amides is 1. The lowest BCUT2D eigenvalue weighted by molar-refractivity contribution is -0.115. The maximum absolute atomic E-state index is 11.6. The number of hydrogen-bond acceptors (Lipinski definition) is 5. The molecule has 6 heteroatoms. The van der Waals surface area contributed by atoms with Crippen molar-refractivity contribution < 1.29 is 9.53 Å². The van der Waals surface area contributed by atoms with Gasteiger partial charge in [-0.15, -0.1) is 6.42 Å². The van der Waals surface area contributed by atoms with Crippen molar-refractivity contribution in [1.29, 1.82) is 0 Å². The number of ether oxygens (including phenoxy) is 1. The number of anilines is 1. The first-order valence-corrected chi connectivity index (χ1v) is 6.43. The van der Waals surface area contributed by atoms with Crippen molar-refractivity contribution in [2.45, 2.75) is 0 Å². The second-order valence-corrected chi connectivity index (χ2v) is 4.74. The van der Waals surface area contributed by atoms with Crippen molar-refractivity contribution in [1.82, 2.24) is 10.3 Å². The number of terminal acetylenes is 1. The number of aromatic nitrogens is 1. The van der Waals surface area contributed by atoms with Gasteiger partial charge in [0.1, 0.15) is 5.75 Å². The van der Waals surface area contributed by atoms with E-state index in [1.165, 1.54) is 11.3 Å². The lowest BCUT2D eigenvalue weighted by atomic mass is 10.3. The summed E-state index contributed by atoms with van der Waals surface area (Å²) in [6.07, 6.45) is 5.08. The molecule has 0 bridgehead atoms. The molecule has 0 saturated carbocycles. The molecule has 98 valence electrons. The first-order valence-electron chi connectivity index (χ1n) is 5.61. The van der Waals surface area contributed by atoms with E-state index in [1.807, 2.05) is 18.2 Å². The van der Waals surface area contributed by atoms with Gasteiger partial charge in [-0.2, -0.15) is 0 Å². The molecule has 0 aliphatic carbocycles. The van der Waals surface area contributed by atoms with E-state index in [-0.39, 0.29) is 12.5 Å². The number of nitrogens with one attached hydrogen (secondary N) is 2. The molecule has 0 atom stereocenters. The summed E-state index contributed by atoms with van der Waals surface area (Å²) in [5.41, 5.74) is 0.831. The van der Waals surface area contributed by atoms with Crippen LogP contribution in [0, 0.1) is 12.3 Å². The average molecular weight is 275 g/mol. The Morgan fingerprint density at radius 1 is 1.58 bits per heavy atom. The van der Waals surface area contributed by atoms with Crippen LogP contribution in [-0.4, -0.2) is 31.1 Å². The van der Waals surface area contributed by atoms with Gasteiger partial charge in [0.25, 0.3) is 0 Å². The van der Waals surface area contributed by atoms with Crippen molar-refractivity contribution >= 4 is 32.6 Å². The first kappa shape index (κ1) is 13.3. The topological polar surface area (TPSA) is 63.2 Å². The Hall–Kier alpha value is -2.10. The molecule has 2 rings (SSSR count). The van der Waals surface area contributed by atoms with Gasteiger partial charge in [0, 0.05) is 0 Å². The van der Waals surface area contributed by atoms with Gasteiger partial charge < -0.3 is 10.1 Å². The van der Waals surface area contributed by atoms with Crippen LogP contribution < -0.4 is 15.4 Å². The van der Waals surface area contributed by atoms with Crippen LogP contribution in [0.4, 0.5) is 5.13 Å². The lowest BCUT2D eigenvalue weighted by Gasteiger charge is -2.00. The summed E-state index contributed by atoms with van der Waals surface area (Å²) in [7, 11) is 1.61. The zero-order valence-corrected chi connectivity index (χ0v) is 11.2. The summed E-state index contributed by atoms with van der Waals surface area (Å²) in [5, 5.41) is 6.11. The van der Waals surface area contributed by atoms with Crippen molar-refractivity contribution in [2.24, 2.45) is 0 Å². The summed E-state index contributed by atoms with van der Waals surface area (Å²) in [6.45, 7) is 0.536. The van der Waals surface area contributed by atoms with Crippen LogP contribution >= 0.6 is 11.3 Å². The van der Waals surface area contributed by atoms with E-state index >= 15 is 0 Å². The van der Waals surface area contributed by atoms with Gasteiger partial charge in [-0.1, -0.05) is 17.3 Å². The SMILES string of the molecule is C#CCNCC(=O)Nc1nc2ccc(OC)cc2s1. The largest absolute Gasteiger partial charge is 0.497 e. The van der Waals surface area contributed by atoms with Gasteiger partial charge in [0.2, 0.25) is 5.91 Å². The molecule has 1 amide bonds. The number of hydrogen-bond donors (Lipinski definition) is 2. The smallest absolute Gasteiger partial charge is 0.240 e. The monoisotopic (exact) mass is 275 g/mol. The number of rotatable bonds is 5. The Labute approximate surface area is 115 Å². The second-order valence-electron chi connectivity index (χ2n) is 3.71. The Kier molecular flexibility index (Phi) is 4.34. The Bertz CT molecular complexity index is 630. The van der Waals surface area contributed by atoms with Crippen LogP contribution in [0.1, 0.15) is 0 Å². The molecule has 0 aliphatic heterocycles. The van der Waals surface area contributed by atoms with E-state index < -0.39 is 0 Å². The molecule has 1 aromatic heterocycles. The van der Waals surface area contributed by atoms with Crippen LogP contribution in [0.5, 0.6) is 5.75 Å². The normalized spacial score (nSPS) is 10.1. The molecular formula is C13H13N3O2S. The third-order valence-corrected chi connectivity index (χ3v) is 3.29. The standard InChI is InChI=1S/C13H13N3O2S/c1-3-6-14-8-12(17)16-13-15-10-5-4-9(18-2)7-11(10)19-13/h1,4-5,7,14H,6,8H2,2H3,(H,15,16,17). The summed E-state index contributed by atoms with van der Waals surface area (Å²) in [6, 6.07) is 5.58. The van der Waals surface area contributed by atoms with Crippen LogP contribution in [0.3, 0.4) is 0 Å². The van der Waals surface area contributed by atoms with E-state index in [1.54, 1.807) is 7.11 Å². The fraction of sp³-hybridized carbons (Fsp3) is 0.231. The van der Waals surface area contributed by atoms with Crippen molar-refractivity contribution in [3.05, 3.63) is 18.2 Å². The minimum atomic E-state index is -0.165. The molecule has 19 heavy (non-hydrogen) atoms. The predicted molar refractivity (Wildman–Crippen MR) is 76.5 cm³/mol. The van der Waals surface area contributed by atoms with Gasteiger partial charge >= 0.3 is 0 Å². The maximum Gasteiger partial charge on any atom is 0.240 e. The van der Waals surface area contributed by atoms with Crippen molar-refractivity contribution in [3.8, 4) is 18.1 Å². The molecule has 0 radical (unpaired) electrons. The predicted octanol–water partition coefficient (Wildman–Crippen LogP) is 1.47. The minimum Gasteiger partial charge on any atom is -0.497 e. The van der Waals surface area contributed by atoms with Gasteiger partial charge in [-0.3, -0.25) is 10.1 Å². The van der Waals surface area contributed by atoms with Crippen molar-refractivity contribution in [2.75, 3.05) is 25.5 Å². The fourth-order valence-corrected chi connectivity index (χ4v) is 2.41. The highest BCUT2D eigenvalue weighted by Crippen LogP contribution is 2.28. The molecule has 0 fully saturated rings. The molecule has 2 aromatic rings. The second kappa shape index (κ2) is 6.18. The third-order valence-electron chi connectivity index (χ3n) is 2.35. The number of thiazole rings is 1. The summed E-state index contributed by atoms with van der Waals surface area (Å²) in [4.78, 5) is 15.9. The molecule has 5 nitrogen and oxygen atoms in total. The van der Waals surface area contributed by atoms with E-state index in [2.05, 4.69) is 21.5 Å². The van der Waals surface area contributed by atoms with Crippen molar-refractivity contribution in [3.63, 3.8) is 0 Å². The summed E-state index contributed by atoms with van der Waals surface area (Å²) >= 11 is 1.40. The Morgan fingerprint density at radius 2 is 2.42 bits per heavy atom. The first-order chi connectivity index (χ1) is 9.22. The van der Waals surface area contributed by atoms with Gasteiger partial charge in [-0.25, -0.2) is 4.98 Å². The lowest BCUT2D eigenvalue weighted by Crippen LogP contribution is -2.28. The molecule has 1 aromatic carbocycles. The number of nitrogens with zero attached hydrogens (tertiary/aromatic N) is 1. The van der Waals surface area contributed by atoms with Crippen LogP contribution in [0.15, 0.2) is 18.2 Å². The van der Waals surface area contributed by atoms with Gasteiger partial charge in [0.15, 0.2) is 5.13 Å². The molecule has 0 unspecified atom stereocenters. The Balaban J connectivity index is 2.05. The van der Waals surface area contributed by atoms with E-state index in [0.29, 0.717) is 11.7 Å². The maximum atomic E-state index is 11.6. The van der Waals surface area contributed by atoms with Gasteiger partial charge in [0.05, 0.1) is 30.4 Å². The molecular weight excluding hydrogens is 262 g/mol. The number of fused-ring (bicyclic) bond motifs is 1. The molecule has 0 aliphatic rings. The highest BCUT2D eigenvalue weighted by molar-refractivity contribution is 7.22. The fourth-order valence-electron chi connectivity index (χ4n) is 1.50. The molecule has 2 N–H and O–H groups in total. The number of carbonyl (C=O) groups is 1. The number of methoxy groups -OCH3 is 1. The molecule has 1 heterocycles. The van der Waals surface area contributed by atoms with Gasteiger partial charge in [-0.05, 0) is 18.2 Å².